The molecule has 2 N–H and O–H groups in total. The number of halogens is 1. The minimum atomic E-state index is -0.366. The second kappa shape index (κ2) is 4.84. The number of nitrogens with two attached hydrogens (primary N) is 1. The fourth-order valence-electron chi connectivity index (χ4n) is 1.53. The van der Waals surface area contributed by atoms with E-state index in [-0.39, 0.29) is 12.1 Å². The van der Waals surface area contributed by atoms with Crippen molar-refractivity contribution in [2.45, 2.75) is 12.5 Å². The molecule has 1 unspecified atom stereocenters. The molecule has 0 radical (unpaired) electrons. The molecule has 4 nitrogen and oxygen atoms in total. The molecule has 1 aliphatic rings. The van der Waals surface area contributed by atoms with Crippen molar-refractivity contribution in [2.75, 3.05) is 18.9 Å². The highest BCUT2D eigenvalue weighted by atomic mass is 79.9. The van der Waals surface area contributed by atoms with Gasteiger partial charge in [-0.05, 0) is 28.1 Å². The zero-order valence-electron chi connectivity index (χ0n) is 8.61. The van der Waals surface area contributed by atoms with Crippen molar-refractivity contribution in [3.05, 3.63) is 28.2 Å². The number of nitrogen functional groups attached to an aromatic ring is 1. The van der Waals surface area contributed by atoms with Crippen LogP contribution in [-0.4, -0.2) is 25.3 Å². The zero-order chi connectivity index (χ0) is 11.5. The molecule has 0 amide bonds. The van der Waals surface area contributed by atoms with Crippen molar-refractivity contribution in [2.24, 2.45) is 0 Å². The molecule has 0 aliphatic carbocycles. The first kappa shape index (κ1) is 11.4. The molecule has 1 fully saturated rings. The van der Waals surface area contributed by atoms with E-state index in [1.807, 2.05) is 0 Å². The molecule has 16 heavy (non-hydrogen) atoms. The Balaban J connectivity index is 2.11. The molecule has 0 aromatic heterocycles. The summed E-state index contributed by atoms with van der Waals surface area (Å²) in [5.41, 5.74) is 6.66. The smallest absolute Gasteiger partial charge is 0.339 e. The molecule has 86 valence electrons. The summed E-state index contributed by atoms with van der Waals surface area (Å²) in [6.45, 7) is 1.13. The van der Waals surface area contributed by atoms with Gasteiger partial charge in [-0.15, -0.1) is 0 Å². The highest BCUT2D eigenvalue weighted by Crippen LogP contribution is 2.25. The Morgan fingerprint density at radius 2 is 2.38 bits per heavy atom. The van der Waals surface area contributed by atoms with Crippen LogP contribution in [0.2, 0.25) is 0 Å². The van der Waals surface area contributed by atoms with E-state index in [0.29, 0.717) is 28.9 Å². The van der Waals surface area contributed by atoms with Crippen LogP contribution in [0.1, 0.15) is 16.8 Å². The van der Waals surface area contributed by atoms with Gasteiger partial charge in [0.15, 0.2) is 0 Å². The number of carbonyl (C=O) groups excluding carboxylic acids is 1. The quantitative estimate of drug-likeness (QED) is 0.667. The average molecular weight is 286 g/mol. The van der Waals surface area contributed by atoms with Gasteiger partial charge in [-0.3, -0.25) is 0 Å². The first-order chi connectivity index (χ1) is 7.68. The van der Waals surface area contributed by atoms with Crippen LogP contribution in [-0.2, 0) is 9.47 Å². The molecule has 1 aromatic carbocycles. The number of esters is 1. The molecule has 0 spiro atoms. The summed E-state index contributed by atoms with van der Waals surface area (Å²) in [6.07, 6.45) is 0.618. The molecule has 1 aliphatic heterocycles. The summed E-state index contributed by atoms with van der Waals surface area (Å²) < 4.78 is 11.0. The van der Waals surface area contributed by atoms with E-state index in [2.05, 4.69) is 15.9 Å². The monoisotopic (exact) mass is 285 g/mol. The van der Waals surface area contributed by atoms with Crippen LogP contribution in [0.15, 0.2) is 22.7 Å². The number of anilines is 1. The van der Waals surface area contributed by atoms with Crippen LogP contribution in [0, 0.1) is 0 Å². The lowest BCUT2D eigenvalue weighted by Gasteiger charge is -2.11. The van der Waals surface area contributed by atoms with Gasteiger partial charge in [0.05, 0.1) is 23.2 Å². The van der Waals surface area contributed by atoms with Crippen molar-refractivity contribution in [3.63, 3.8) is 0 Å². The molecule has 1 atom stereocenters. The molecule has 1 aromatic rings. The Morgan fingerprint density at radius 3 is 3.06 bits per heavy atom. The third kappa shape index (κ3) is 2.36. The highest BCUT2D eigenvalue weighted by Gasteiger charge is 2.22. The van der Waals surface area contributed by atoms with Gasteiger partial charge in [-0.1, -0.05) is 6.07 Å². The van der Waals surface area contributed by atoms with E-state index in [1.54, 1.807) is 18.2 Å². The Kier molecular flexibility index (Phi) is 3.46. The largest absolute Gasteiger partial charge is 0.456 e. The zero-order valence-corrected chi connectivity index (χ0v) is 10.2. The topological polar surface area (TPSA) is 61.6 Å². The van der Waals surface area contributed by atoms with E-state index < -0.39 is 0 Å². The molecular weight excluding hydrogens is 274 g/mol. The van der Waals surface area contributed by atoms with Gasteiger partial charge in [-0.25, -0.2) is 4.79 Å². The number of rotatable bonds is 2. The van der Waals surface area contributed by atoms with E-state index in [4.69, 9.17) is 15.2 Å². The molecule has 0 saturated carbocycles. The Bertz CT molecular complexity index is 402. The second-order valence-electron chi connectivity index (χ2n) is 3.60. The summed E-state index contributed by atoms with van der Waals surface area (Å²) in [6, 6.07) is 5.12. The van der Waals surface area contributed by atoms with E-state index in [1.165, 1.54) is 0 Å². The standard InChI is InChI=1S/C11H12BrNO3/c12-10-8(2-1-3-9(10)13)11(14)16-7-4-5-15-6-7/h1-3,7H,4-6,13H2. The number of carbonyl (C=O) groups is 1. The third-order valence-corrected chi connectivity index (χ3v) is 3.30. The Hall–Kier alpha value is -1.07. The van der Waals surface area contributed by atoms with Gasteiger partial charge in [0.2, 0.25) is 0 Å². The van der Waals surface area contributed by atoms with Gasteiger partial charge in [0.1, 0.15) is 6.10 Å². The average Bonchev–Trinajstić information content (AvgIpc) is 2.74. The molecule has 5 heteroatoms. The van der Waals surface area contributed by atoms with Crippen molar-refractivity contribution < 1.29 is 14.3 Å². The number of hydrogen-bond acceptors (Lipinski definition) is 4. The van der Waals surface area contributed by atoms with Crippen molar-refractivity contribution in [1.82, 2.24) is 0 Å². The van der Waals surface area contributed by atoms with Gasteiger partial charge >= 0.3 is 5.97 Å². The Morgan fingerprint density at radius 1 is 1.56 bits per heavy atom. The summed E-state index contributed by atoms with van der Waals surface area (Å²) in [7, 11) is 0. The van der Waals surface area contributed by atoms with E-state index >= 15 is 0 Å². The third-order valence-electron chi connectivity index (χ3n) is 2.41. The molecule has 0 bridgehead atoms. The lowest BCUT2D eigenvalue weighted by molar-refractivity contribution is 0.0269. The normalized spacial score (nSPS) is 19.7. The van der Waals surface area contributed by atoms with Crippen molar-refractivity contribution in [1.29, 1.82) is 0 Å². The van der Waals surface area contributed by atoms with Crippen molar-refractivity contribution >= 4 is 27.6 Å². The van der Waals surface area contributed by atoms with Gasteiger partial charge in [0, 0.05) is 12.1 Å². The lowest BCUT2D eigenvalue weighted by atomic mass is 10.2. The minimum absolute atomic E-state index is 0.138. The van der Waals surface area contributed by atoms with Crippen molar-refractivity contribution in [3.8, 4) is 0 Å². The number of hydrogen-bond donors (Lipinski definition) is 1. The maximum atomic E-state index is 11.8. The maximum Gasteiger partial charge on any atom is 0.339 e. The van der Waals surface area contributed by atoms with Crippen LogP contribution < -0.4 is 5.73 Å². The summed E-state index contributed by atoms with van der Waals surface area (Å²) in [5, 5.41) is 0. The molecule has 1 saturated heterocycles. The number of ether oxygens (including phenoxy) is 2. The molecule has 2 rings (SSSR count). The van der Waals surface area contributed by atoms with Gasteiger partial charge in [-0.2, -0.15) is 0 Å². The molecule has 1 heterocycles. The fourth-order valence-corrected chi connectivity index (χ4v) is 1.95. The van der Waals surface area contributed by atoms with E-state index in [0.717, 1.165) is 6.42 Å². The summed E-state index contributed by atoms with van der Waals surface area (Å²) >= 11 is 3.27. The van der Waals surface area contributed by atoms with Crippen LogP contribution in [0.5, 0.6) is 0 Å². The summed E-state index contributed by atoms with van der Waals surface area (Å²) in [4.78, 5) is 11.8. The predicted octanol–water partition coefficient (Wildman–Crippen LogP) is 1.98. The maximum absolute atomic E-state index is 11.8. The van der Waals surface area contributed by atoms with Crippen LogP contribution in [0.25, 0.3) is 0 Å². The minimum Gasteiger partial charge on any atom is -0.456 e. The first-order valence-corrected chi connectivity index (χ1v) is 5.80. The predicted molar refractivity (Wildman–Crippen MR) is 63.2 cm³/mol. The van der Waals surface area contributed by atoms with Gasteiger partial charge in [0.25, 0.3) is 0 Å². The fraction of sp³-hybridized carbons (Fsp3) is 0.364. The Labute approximate surface area is 102 Å². The van der Waals surface area contributed by atoms with Crippen LogP contribution in [0.4, 0.5) is 5.69 Å². The number of benzene rings is 1. The highest BCUT2D eigenvalue weighted by molar-refractivity contribution is 9.10. The van der Waals surface area contributed by atoms with Gasteiger partial charge < -0.3 is 15.2 Å². The van der Waals surface area contributed by atoms with Crippen LogP contribution >= 0.6 is 15.9 Å². The molecular formula is C11H12BrNO3. The lowest BCUT2D eigenvalue weighted by Crippen LogP contribution is -2.18. The SMILES string of the molecule is Nc1cccc(C(=O)OC2CCOC2)c1Br. The first-order valence-electron chi connectivity index (χ1n) is 5.01. The summed E-state index contributed by atoms with van der Waals surface area (Å²) in [5.74, 6) is -0.366. The van der Waals surface area contributed by atoms with Crippen LogP contribution in [0.3, 0.4) is 0 Å². The second-order valence-corrected chi connectivity index (χ2v) is 4.39. The van der Waals surface area contributed by atoms with E-state index in [9.17, 15) is 4.79 Å².